The molecular weight excluding hydrogens is 291 g/mol. The number of hydrogen-bond donors (Lipinski definition) is 2. The minimum Gasteiger partial charge on any atom is -0.345 e. The van der Waals surface area contributed by atoms with E-state index in [4.69, 9.17) is 11.6 Å². The smallest absolute Gasteiger partial charge is 0.313 e. The van der Waals surface area contributed by atoms with Crippen LogP contribution in [0.3, 0.4) is 0 Å². The predicted molar refractivity (Wildman–Crippen MR) is 76.0 cm³/mol. The van der Waals surface area contributed by atoms with Crippen molar-refractivity contribution in [3.8, 4) is 0 Å². The third-order valence-corrected chi connectivity index (χ3v) is 3.33. The molecule has 1 rings (SSSR count). The standard InChI is InChI=1S/C12H14ClFN2O2S/c1-7(6-19-2)15-11(17)12(18)16-10-4-3-8(14)5-9(10)13/h3-5,7H,6H2,1-2H3,(H,15,17)(H,16,18)/t7-/m1/s1. The van der Waals surface area contributed by atoms with E-state index in [1.165, 1.54) is 6.07 Å². The first-order valence-corrected chi connectivity index (χ1v) is 7.27. The molecule has 19 heavy (non-hydrogen) atoms. The number of amides is 2. The van der Waals surface area contributed by atoms with Crippen molar-refractivity contribution in [1.29, 1.82) is 0 Å². The highest BCUT2D eigenvalue weighted by molar-refractivity contribution is 7.98. The molecule has 0 aliphatic heterocycles. The van der Waals surface area contributed by atoms with Crippen molar-refractivity contribution in [2.24, 2.45) is 0 Å². The number of nitrogens with one attached hydrogen (secondary N) is 2. The summed E-state index contributed by atoms with van der Waals surface area (Å²) >= 11 is 7.31. The minimum absolute atomic E-state index is 0.0401. The van der Waals surface area contributed by atoms with Gasteiger partial charge in [-0.05, 0) is 31.4 Å². The van der Waals surface area contributed by atoms with E-state index >= 15 is 0 Å². The summed E-state index contributed by atoms with van der Waals surface area (Å²) in [5.74, 6) is -1.39. The Kier molecular flexibility index (Phi) is 6.11. The van der Waals surface area contributed by atoms with Crippen LogP contribution in [0.4, 0.5) is 10.1 Å². The first-order chi connectivity index (χ1) is 8.93. The monoisotopic (exact) mass is 304 g/mol. The van der Waals surface area contributed by atoms with Crippen molar-refractivity contribution in [1.82, 2.24) is 5.32 Å². The minimum atomic E-state index is -0.832. The van der Waals surface area contributed by atoms with Crippen molar-refractivity contribution < 1.29 is 14.0 Å². The van der Waals surface area contributed by atoms with E-state index in [2.05, 4.69) is 10.6 Å². The fourth-order valence-electron chi connectivity index (χ4n) is 1.35. The van der Waals surface area contributed by atoms with Gasteiger partial charge in [-0.3, -0.25) is 9.59 Å². The third-order valence-electron chi connectivity index (χ3n) is 2.18. The number of hydrogen-bond acceptors (Lipinski definition) is 3. The second-order valence-electron chi connectivity index (χ2n) is 3.91. The average molecular weight is 305 g/mol. The van der Waals surface area contributed by atoms with Crippen LogP contribution in [0.2, 0.25) is 5.02 Å². The molecule has 0 saturated heterocycles. The normalized spacial score (nSPS) is 11.8. The number of carbonyl (C=O) groups excluding carboxylic acids is 2. The van der Waals surface area contributed by atoms with Crippen LogP contribution in [-0.2, 0) is 9.59 Å². The Morgan fingerprint density at radius 2 is 2.11 bits per heavy atom. The number of benzene rings is 1. The molecule has 0 bridgehead atoms. The van der Waals surface area contributed by atoms with Crippen molar-refractivity contribution in [3.05, 3.63) is 29.0 Å². The van der Waals surface area contributed by atoms with Crippen molar-refractivity contribution in [2.45, 2.75) is 13.0 Å². The van der Waals surface area contributed by atoms with Gasteiger partial charge < -0.3 is 10.6 Å². The van der Waals surface area contributed by atoms with Crippen LogP contribution in [-0.4, -0.2) is 29.9 Å². The molecule has 0 aliphatic carbocycles. The summed E-state index contributed by atoms with van der Waals surface area (Å²) in [4.78, 5) is 23.2. The number of anilines is 1. The molecule has 0 fully saturated rings. The van der Waals surface area contributed by atoms with Gasteiger partial charge in [0.25, 0.3) is 0 Å². The van der Waals surface area contributed by atoms with Gasteiger partial charge in [-0.2, -0.15) is 11.8 Å². The van der Waals surface area contributed by atoms with E-state index in [1.54, 1.807) is 18.7 Å². The molecule has 104 valence electrons. The van der Waals surface area contributed by atoms with E-state index in [-0.39, 0.29) is 16.8 Å². The van der Waals surface area contributed by atoms with Gasteiger partial charge in [0, 0.05) is 11.8 Å². The van der Waals surface area contributed by atoms with Gasteiger partial charge in [0.05, 0.1) is 10.7 Å². The molecule has 0 heterocycles. The number of halogens is 2. The Balaban J connectivity index is 2.61. The number of thioether (sulfide) groups is 1. The molecule has 1 atom stereocenters. The van der Waals surface area contributed by atoms with E-state index in [0.29, 0.717) is 5.75 Å². The Morgan fingerprint density at radius 3 is 2.68 bits per heavy atom. The molecule has 0 radical (unpaired) electrons. The number of rotatable bonds is 4. The van der Waals surface area contributed by atoms with Gasteiger partial charge in [-0.25, -0.2) is 4.39 Å². The highest BCUT2D eigenvalue weighted by Gasteiger charge is 2.17. The first kappa shape index (κ1) is 15.8. The maximum atomic E-state index is 12.8. The van der Waals surface area contributed by atoms with Crippen LogP contribution in [0, 0.1) is 5.82 Å². The van der Waals surface area contributed by atoms with Crippen molar-refractivity contribution >= 4 is 40.9 Å². The Morgan fingerprint density at radius 1 is 1.42 bits per heavy atom. The largest absolute Gasteiger partial charge is 0.345 e. The lowest BCUT2D eigenvalue weighted by Crippen LogP contribution is -2.41. The topological polar surface area (TPSA) is 58.2 Å². The molecule has 0 aromatic heterocycles. The van der Waals surface area contributed by atoms with Crippen LogP contribution in [0.15, 0.2) is 18.2 Å². The van der Waals surface area contributed by atoms with E-state index in [9.17, 15) is 14.0 Å². The molecule has 0 spiro atoms. The maximum Gasteiger partial charge on any atom is 0.313 e. The van der Waals surface area contributed by atoms with Crippen LogP contribution in [0.5, 0.6) is 0 Å². The van der Waals surface area contributed by atoms with Crippen LogP contribution in [0.1, 0.15) is 6.92 Å². The Bertz CT molecular complexity index is 485. The fourth-order valence-corrected chi connectivity index (χ4v) is 2.15. The SMILES string of the molecule is CSC[C@@H](C)NC(=O)C(=O)Nc1ccc(F)cc1Cl. The van der Waals surface area contributed by atoms with Gasteiger partial charge in [0.2, 0.25) is 0 Å². The molecule has 1 aromatic carbocycles. The zero-order valence-corrected chi connectivity index (χ0v) is 12.1. The zero-order valence-electron chi connectivity index (χ0n) is 10.5. The van der Waals surface area contributed by atoms with Gasteiger partial charge in [0.15, 0.2) is 0 Å². The summed E-state index contributed by atoms with van der Waals surface area (Å²) in [5.41, 5.74) is 0.195. The fraction of sp³-hybridized carbons (Fsp3) is 0.333. The van der Waals surface area contributed by atoms with Crippen molar-refractivity contribution in [3.63, 3.8) is 0 Å². The Hall–Kier alpha value is -1.27. The van der Waals surface area contributed by atoms with Crippen molar-refractivity contribution in [2.75, 3.05) is 17.3 Å². The summed E-state index contributed by atoms with van der Waals surface area (Å²) in [6.45, 7) is 1.80. The Labute approximate surface area is 120 Å². The lowest BCUT2D eigenvalue weighted by molar-refractivity contribution is -0.136. The summed E-state index contributed by atoms with van der Waals surface area (Å²) < 4.78 is 12.8. The molecule has 7 heteroatoms. The highest BCUT2D eigenvalue weighted by Crippen LogP contribution is 2.22. The molecule has 0 unspecified atom stereocenters. The molecular formula is C12H14ClFN2O2S. The van der Waals surface area contributed by atoms with Gasteiger partial charge >= 0.3 is 11.8 Å². The highest BCUT2D eigenvalue weighted by atomic mass is 35.5. The third kappa shape index (κ3) is 5.08. The predicted octanol–water partition coefficient (Wildman–Crippen LogP) is 2.29. The molecule has 2 N–H and O–H groups in total. The lowest BCUT2D eigenvalue weighted by Gasteiger charge is -2.12. The van der Waals surface area contributed by atoms with E-state index < -0.39 is 17.6 Å². The molecule has 0 saturated carbocycles. The zero-order chi connectivity index (χ0) is 14.4. The first-order valence-electron chi connectivity index (χ1n) is 5.50. The van der Waals surface area contributed by atoms with Crippen LogP contribution in [0.25, 0.3) is 0 Å². The number of carbonyl (C=O) groups is 2. The second kappa shape index (κ2) is 7.35. The van der Waals surface area contributed by atoms with Gasteiger partial charge in [-0.1, -0.05) is 11.6 Å². The van der Waals surface area contributed by atoms with Crippen LogP contribution >= 0.6 is 23.4 Å². The van der Waals surface area contributed by atoms with Crippen LogP contribution < -0.4 is 10.6 Å². The van der Waals surface area contributed by atoms with Gasteiger partial charge in [-0.15, -0.1) is 0 Å². The second-order valence-corrected chi connectivity index (χ2v) is 5.23. The summed E-state index contributed by atoms with van der Waals surface area (Å²) in [7, 11) is 0. The molecule has 1 aromatic rings. The summed E-state index contributed by atoms with van der Waals surface area (Å²) in [6.07, 6.45) is 1.90. The molecule has 0 aliphatic rings. The summed E-state index contributed by atoms with van der Waals surface area (Å²) in [6, 6.07) is 3.40. The van der Waals surface area contributed by atoms with E-state index in [0.717, 1.165) is 12.1 Å². The molecule has 4 nitrogen and oxygen atoms in total. The average Bonchev–Trinajstić information content (AvgIpc) is 2.32. The molecule has 2 amide bonds. The maximum absolute atomic E-state index is 12.8. The van der Waals surface area contributed by atoms with E-state index in [1.807, 2.05) is 6.26 Å². The van der Waals surface area contributed by atoms with Gasteiger partial charge in [0.1, 0.15) is 5.82 Å². The quantitative estimate of drug-likeness (QED) is 0.839. The summed E-state index contributed by atoms with van der Waals surface area (Å²) in [5, 5.41) is 4.91. The lowest BCUT2D eigenvalue weighted by atomic mass is 10.3.